The van der Waals surface area contributed by atoms with Gasteiger partial charge in [-0.3, -0.25) is 9.59 Å². The zero-order valence-electron chi connectivity index (χ0n) is 19.8. The highest BCUT2D eigenvalue weighted by Gasteiger charge is 2.26. The Morgan fingerprint density at radius 3 is 2.12 bits per heavy atom. The molecule has 2 heterocycles. The standard InChI is InChI=1S/C9H11NO4.C8H13NO2.C6H14N2/c10-9(14)8(13)4-5-1-2-6(11)7(12)3-5;1-2-8(11)9-5-3-4-7(9)6-10;1-7-3-5-8(2)6-4-7/h1-3,8,11-13H,4H2,(H2,10,14);6-7H,2-5H2,1H3;3-6H2,1-2H3. The number of rotatable bonds is 5. The molecule has 10 heteroatoms. The number of nitrogens with two attached hydrogens (primary N) is 1. The molecule has 3 rings (SSSR count). The van der Waals surface area contributed by atoms with E-state index >= 15 is 0 Å². The van der Waals surface area contributed by atoms with Crippen LogP contribution in [0.4, 0.5) is 0 Å². The van der Waals surface area contributed by atoms with Gasteiger partial charge >= 0.3 is 0 Å². The molecule has 0 aromatic heterocycles. The number of aliphatic hydroxyl groups excluding tert-OH is 1. The summed E-state index contributed by atoms with van der Waals surface area (Å²) in [5.74, 6) is -1.27. The second-order valence-corrected chi connectivity index (χ2v) is 8.34. The SMILES string of the molecule is CCC(=O)N1CCCC1C=O.CN1CCN(C)CC1.NC(=O)C(O)Cc1ccc(O)c(O)c1. The van der Waals surface area contributed by atoms with Crippen molar-refractivity contribution in [3.8, 4) is 11.5 Å². The van der Waals surface area contributed by atoms with Gasteiger partial charge in [-0.05, 0) is 44.6 Å². The highest BCUT2D eigenvalue weighted by molar-refractivity contribution is 5.80. The number of hydrogen-bond donors (Lipinski definition) is 4. The molecule has 0 radical (unpaired) electrons. The summed E-state index contributed by atoms with van der Waals surface area (Å²) >= 11 is 0. The van der Waals surface area contributed by atoms with Gasteiger partial charge in [0.15, 0.2) is 11.5 Å². The fourth-order valence-electron chi connectivity index (χ4n) is 3.37. The van der Waals surface area contributed by atoms with E-state index in [1.807, 2.05) is 6.92 Å². The van der Waals surface area contributed by atoms with Crippen LogP contribution in [0, 0.1) is 0 Å². The van der Waals surface area contributed by atoms with Crippen LogP contribution in [-0.4, -0.2) is 107 Å². The van der Waals surface area contributed by atoms with E-state index in [1.165, 1.54) is 44.4 Å². The molecule has 1 aromatic rings. The van der Waals surface area contributed by atoms with Crippen molar-refractivity contribution in [2.45, 2.75) is 44.8 Å². The maximum atomic E-state index is 11.2. The van der Waals surface area contributed by atoms with Crippen LogP contribution in [0.5, 0.6) is 11.5 Å². The minimum Gasteiger partial charge on any atom is -0.504 e. The average Bonchev–Trinajstić information content (AvgIpc) is 3.27. The summed E-state index contributed by atoms with van der Waals surface area (Å²) in [5, 5.41) is 27.2. The van der Waals surface area contributed by atoms with Crippen molar-refractivity contribution in [1.29, 1.82) is 0 Å². The van der Waals surface area contributed by atoms with Gasteiger partial charge in [-0.15, -0.1) is 0 Å². The second-order valence-electron chi connectivity index (χ2n) is 8.34. The fraction of sp³-hybridized carbons (Fsp3) is 0.609. The fourth-order valence-corrected chi connectivity index (χ4v) is 3.37. The number of amides is 2. The molecule has 33 heavy (non-hydrogen) atoms. The lowest BCUT2D eigenvalue weighted by Crippen LogP contribution is -2.42. The molecule has 2 fully saturated rings. The number of aliphatic hydroxyl groups is 1. The maximum Gasteiger partial charge on any atom is 0.246 e. The Bertz CT molecular complexity index is 757. The highest BCUT2D eigenvalue weighted by Crippen LogP contribution is 2.25. The molecule has 0 spiro atoms. The predicted octanol–water partition coefficient (Wildman–Crippen LogP) is -0.0636. The molecule has 1 aromatic carbocycles. The molecule has 5 N–H and O–H groups in total. The first-order valence-corrected chi connectivity index (χ1v) is 11.2. The van der Waals surface area contributed by atoms with Gasteiger partial charge in [0.25, 0.3) is 0 Å². The van der Waals surface area contributed by atoms with Crippen LogP contribution in [-0.2, 0) is 20.8 Å². The first-order valence-electron chi connectivity index (χ1n) is 11.2. The smallest absolute Gasteiger partial charge is 0.246 e. The van der Waals surface area contributed by atoms with E-state index < -0.39 is 12.0 Å². The van der Waals surface area contributed by atoms with Crippen molar-refractivity contribution >= 4 is 18.1 Å². The van der Waals surface area contributed by atoms with Gasteiger partial charge in [0.1, 0.15) is 12.4 Å². The number of likely N-dealkylation sites (N-methyl/N-ethyl adjacent to an activating group) is 2. The normalized spacial score (nSPS) is 19.5. The monoisotopic (exact) mass is 466 g/mol. The molecule has 10 nitrogen and oxygen atoms in total. The molecular weight excluding hydrogens is 428 g/mol. The number of aldehydes is 1. The molecule has 2 unspecified atom stereocenters. The van der Waals surface area contributed by atoms with Crippen molar-refractivity contribution in [3.63, 3.8) is 0 Å². The summed E-state index contributed by atoms with van der Waals surface area (Å²) < 4.78 is 0. The Balaban J connectivity index is 0.000000257. The number of benzene rings is 1. The number of piperazine rings is 1. The van der Waals surface area contributed by atoms with E-state index in [2.05, 4.69) is 23.9 Å². The van der Waals surface area contributed by atoms with Crippen molar-refractivity contribution < 1.29 is 29.7 Å². The Morgan fingerprint density at radius 2 is 1.67 bits per heavy atom. The number of phenols is 2. The van der Waals surface area contributed by atoms with Crippen molar-refractivity contribution in [1.82, 2.24) is 14.7 Å². The van der Waals surface area contributed by atoms with Crippen LogP contribution < -0.4 is 5.73 Å². The minimum absolute atomic E-state index is 0.0170. The van der Waals surface area contributed by atoms with E-state index in [0.29, 0.717) is 12.0 Å². The van der Waals surface area contributed by atoms with Crippen LogP contribution in [0.1, 0.15) is 31.7 Å². The molecule has 0 aliphatic carbocycles. The Morgan fingerprint density at radius 1 is 1.09 bits per heavy atom. The summed E-state index contributed by atoms with van der Waals surface area (Å²) in [4.78, 5) is 38.5. The van der Waals surface area contributed by atoms with Crippen molar-refractivity contribution in [3.05, 3.63) is 23.8 Å². The Hall–Kier alpha value is -2.69. The molecule has 2 atom stereocenters. The van der Waals surface area contributed by atoms with E-state index in [9.17, 15) is 14.4 Å². The first kappa shape index (κ1) is 28.3. The maximum absolute atomic E-state index is 11.2. The van der Waals surface area contributed by atoms with Crippen LogP contribution in [0.15, 0.2) is 18.2 Å². The number of carbonyl (C=O) groups is 3. The number of aromatic hydroxyl groups is 2. The van der Waals surface area contributed by atoms with Gasteiger partial charge in [0.05, 0.1) is 6.04 Å². The second kappa shape index (κ2) is 14.5. The topological polar surface area (TPSA) is 148 Å². The number of nitrogens with zero attached hydrogens (tertiary/aromatic N) is 3. The zero-order valence-corrected chi connectivity index (χ0v) is 19.8. The Kier molecular flexibility index (Phi) is 12.4. The van der Waals surface area contributed by atoms with E-state index in [0.717, 1.165) is 25.7 Å². The lowest BCUT2D eigenvalue weighted by atomic mass is 10.1. The van der Waals surface area contributed by atoms with Crippen LogP contribution in [0.25, 0.3) is 0 Å². The number of phenolic OH excluding ortho intramolecular Hbond substituents is 2. The van der Waals surface area contributed by atoms with E-state index in [1.54, 1.807) is 4.90 Å². The third-order valence-corrected chi connectivity index (χ3v) is 5.60. The lowest BCUT2D eigenvalue weighted by Gasteiger charge is -2.28. The van der Waals surface area contributed by atoms with Gasteiger partial charge in [-0.2, -0.15) is 0 Å². The summed E-state index contributed by atoms with van der Waals surface area (Å²) in [5.41, 5.74) is 5.37. The van der Waals surface area contributed by atoms with E-state index in [-0.39, 0.29) is 29.9 Å². The third-order valence-electron chi connectivity index (χ3n) is 5.60. The largest absolute Gasteiger partial charge is 0.504 e. The van der Waals surface area contributed by atoms with Gasteiger partial charge < -0.3 is 40.5 Å². The first-order chi connectivity index (χ1) is 15.6. The van der Waals surface area contributed by atoms with Crippen molar-refractivity contribution in [2.24, 2.45) is 5.73 Å². The highest BCUT2D eigenvalue weighted by atomic mass is 16.3. The molecule has 2 aliphatic rings. The number of likely N-dealkylation sites (tertiary alicyclic amines) is 1. The molecule has 2 amide bonds. The molecule has 186 valence electrons. The van der Waals surface area contributed by atoms with E-state index in [4.69, 9.17) is 21.1 Å². The zero-order chi connectivity index (χ0) is 25.0. The minimum atomic E-state index is -1.28. The summed E-state index contributed by atoms with van der Waals surface area (Å²) in [6.45, 7) is 7.51. The number of hydrogen-bond acceptors (Lipinski definition) is 8. The lowest BCUT2D eigenvalue weighted by molar-refractivity contribution is -0.134. The van der Waals surface area contributed by atoms with Gasteiger partial charge in [-0.25, -0.2) is 0 Å². The van der Waals surface area contributed by atoms with Gasteiger partial charge in [-0.1, -0.05) is 13.0 Å². The van der Waals surface area contributed by atoms with Crippen LogP contribution >= 0.6 is 0 Å². The van der Waals surface area contributed by atoms with Crippen LogP contribution in [0.3, 0.4) is 0 Å². The molecule has 2 saturated heterocycles. The molecule has 2 aliphatic heterocycles. The third kappa shape index (κ3) is 10.2. The number of carbonyl (C=O) groups excluding carboxylic acids is 3. The molecule has 0 saturated carbocycles. The van der Waals surface area contributed by atoms with Gasteiger partial charge in [0, 0.05) is 45.6 Å². The van der Waals surface area contributed by atoms with Gasteiger partial charge in [0.2, 0.25) is 11.8 Å². The molecular formula is C23H38N4O6. The summed E-state index contributed by atoms with van der Waals surface area (Å²) in [6, 6.07) is 3.89. The quantitative estimate of drug-likeness (QED) is 0.348. The van der Waals surface area contributed by atoms with Crippen LogP contribution in [0.2, 0.25) is 0 Å². The average molecular weight is 467 g/mol. The molecule has 0 bridgehead atoms. The number of primary amides is 1. The van der Waals surface area contributed by atoms with Crippen molar-refractivity contribution in [2.75, 3.05) is 46.8 Å². The Labute approximate surface area is 195 Å². The summed E-state index contributed by atoms with van der Waals surface area (Å²) in [6.07, 6.45) is 1.93. The summed E-state index contributed by atoms with van der Waals surface area (Å²) in [7, 11) is 4.35. The predicted molar refractivity (Wildman–Crippen MR) is 125 cm³/mol.